The molecule has 0 aliphatic rings. The summed E-state index contributed by atoms with van der Waals surface area (Å²) < 4.78 is 5.62. The molecule has 0 bridgehead atoms. The topological polar surface area (TPSA) is 76.2 Å². The molecule has 0 spiro atoms. The lowest BCUT2D eigenvalue weighted by Gasteiger charge is -2.08. The number of non-ortho nitro benzene ring substituents is 1. The van der Waals surface area contributed by atoms with E-state index in [1.165, 1.54) is 24.3 Å². The van der Waals surface area contributed by atoms with Gasteiger partial charge >= 0.3 is 0 Å². The Morgan fingerprint density at radius 1 is 1.16 bits per heavy atom. The largest absolute Gasteiger partial charge is 0.457 e. The molecule has 0 radical (unpaired) electrons. The van der Waals surface area contributed by atoms with E-state index in [-0.39, 0.29) is 12.1 Å². The lowest BCUT2D eigenvalue weighted by Crippen LogP contribution is -1.91. The van der Waals surface area contributed by atoms with Crippen LogP contribution in [0.5, 0.6) is 11.5 Å². The Bertz CT molecular complexity index is 630. The number of nitro benzene ring substituents is 1. The Kier molecular flexibility index (Phi) is 3.74. The number of rotatable bonds is 4. The second kappa shape index (κ2) is 5.65. The van der Waals surface area contributed by atoms with Gasteiger partial charge < -0.3 is 4.74 Å². The van der Waals surface area contributed by atoms with Crippen molar-refractivity contribution < 1.29 is 9.66 Å². The van der Waals surface area contributed by atoms with Crippen LogP contribution in [-0.4, -0.2) is 4.92 Å². The van der Waals surface area contributed by atoms with Crippen LogP contribution in [-0.2, 0) is 6.42 Å². The zero-order valence-electron chi connectivity index (χ0n) is 9.95. The molecule has 94 valence electrons. The first-order valence-electron chi connectivity index (χ1n) is 5.58. The fourth-order valence-electron chi connectivity index (χ4n) is 1.60. The molecule has 0 heterocycles. The third-order valence-electron chi connectivity index (χ3n) is 2.52. The molecule has 5 heteroatoms. The van der Waals surface area contributed by atoms with Gasteiger partial charge in [-0.25, -0.2) is 0 Å². The van der Waals surface area contributed by atoms with Gasteiger partial charge in [-0.05, 0) is 18.2 Å². The van der Waals surface area contributed by atoms with Crippen LogP contribution in [0.3, 0.4) is 0 Å². The van der Waals surface area contributed by atoms with Gasteiger partial charge in [0.15, 0.2) is 0 Å². The molecule has 0 aliphatic carbocycles. The van der Waals surface area contributed by atoms with Gasteiger partial charge in [0.05, 0.1) is 17.4 Å². The van der Waals surface area contributed by atoms with Crippen molar-refractivity contribution in [1.82, 2.24) is 0 Å². The molecule has 0 unspecified atom stereocenters. The molecule has 0 N–H and O–H groups in total. The van der Waals surface area contributed by atoms with E-state index in [1.807, 2.05) is 18.2 Å². The van der Waals surface area contributed by atoms with E-state index in [0.717, 1.165) is 5.56 Å². The smallest absolute Gasteiger partial charge is 0.269 e. The summed E-state index contributed by atoms with van der Waals surface area (Å²) in [6, 6.07) is 15.1. The molecule has 0 saturated carbocycles. The number of nitriles is 1. The number of ether oxygens (including phenoxy) is 1. The molecular weight excluding hydrogens is 244 g/mol. The first-order valence-corrected chi connectivity index (χ1v) is 5.58. The van der Waals surface area contributed by atoms with Crippen molar-refractivity contribution in [2.45, 2.75) is 6.42 Å². The molecule has 0 saturated heterocycles. The number of benzene rings is 2. The van der Waals surface area contributed by atoms with Crippen molar-refractivity contribution in [3.05, 3.63) is 64.2 Å². The van der Waals surface area contributed by atoms with Crippen molar-refractivity contribution in [3.8, 4) is 17.6 Å². The molecule has 2 rings (SSSR count). The Morgan fingerprint density at radius 3 is 2.47 bits per heavy atom. The average molecular weight is 254 g/mol. The summed E-state index contributed by atoms with van der Waals surface area (Å²) in [5.41, 5.74) is 0.793. The third kappa shape index (κ3) is 3.07. The second-order valence-corrected chi connectivity index (χ2v) is 3.80. The lowest BCUT2D eigenvalue weighted by atomic mass is 10.1. The summed E-state index contributed by atoms with van der Waals surface area (Å²) >= 11 is 0. The Balaban J connectivity index is 2.21. The number of para-hydroxylation sites is 1. The maximum absolute atomic E-state index is 10.5. The van der Waals surface area contributed by atoms with E-state index in [0.29, 0.717) is 11.5 Å². The van der Waals surface area contributed by atoms with E-state index in [9.17, 15) is 10.1 Å². The van der Waals surface area contributed by atoms with Crippen LogP contribution in [0.4, 0.5) is 5.69 Å². The summed E-state index contributed by atoms with van der Waals surface area (Å²) in [5.74, 6) is 1.08. The SMILES string of the molecule is N#CCc1ccccc1Oc1ccc([N+](=O)[O-])cc1. The molecule has 2 aromatic rings. The van der Waals surface area contributed by atoms with Crippen LogP contribution in [0.25, 0.3) is 0 Å². The summed E-state index contributed by atoms with van der Waals surface area (Å²) in [6.07, 6.45) is 0.253. The fourth-order valence-corrected chi connectivity index (χ4v) is 1.60. The summed E-state index contributed by atoms with van der Waals surface area (Å²) in [4.78, 5) is 10.1. The normalized spacial score (nSPS) is 9.63. The van der Waals surface area contributed by atoms with Crippen molar-refractivity contribution >= 4 is 5.69 Å². The highest BCUT2D eigenvalue weighted by Crippen LogP contribution is 2.26. The molecule has 5 nitrogen and oxygen atoms in total. The van der Waals surface area contributed by atoms with Gasteiger partial charge in [-0.1, -0.05) is 18.2 Å². The summed E-state index contributed by atoms with van der Waals surface area (Å²) in [6.45, 7) is 0. The zero-order chi connectivity index (χ0) is 13.7. The van der Waals surface area contributed by atoms with Gasteiger partial charge in [0.25, 0.3) is 5.69 Å². The minimum absolute atomic E-state index is 0.0117. The van der Waals surface area contributed by atoms with Crippen LogP contribution in [0.1, 0.15) is 5.56 Å². The molecule has 0 aliphatic heterocycles. The predicted octanol–water partition coefficient (Wildman–Crippen LogP) is 3.45. The zero-order valence-corrected chi connectivity index (χ0v) is 9.95. The molecular formula is C14H10N2O3. The first-order chi connectivity index (χ1) is 9.20. The van der Waals surface area contributed by atoms with Crippen molar-refractivity contribution in [3.63, 3.8) is 0 Å². The van der Waals surface area contributed by atoms with Crippen LogP contribution < -0.4 is 4.74 Å². The van der Waals surface area contributed by atoms with Crippen molar-refractivity contribution in [1.29, 1.82) is 5.26 Å². The van der Waals surface area contributed by atoms with E-state index in [1.54, 1.807) is 6.07 Å². The highest BCUT2D eigenvalue weighted by molar-refractivity contribution is 5.41. The van der Waals surface area contributed by atoms with E-state index in [2.05, 4.69) is 6.07 Å². The fraction of sp³-hybridized carbons (Fsp3) is 0.0714. The van der Waals surface area contributed by atoms with Gasteiger partial charge in [0.1, 0.15) is 11.5 Å². The van der Waals surface area contributed by atoms with Crippen LogP contribution in [0.15, 0.2) is 48.5 Å². The summed E-state index contributed by atoms with van der Waals surface area (Å²) in [7, 11) is 0. The quantitative estimate of drug-likeness (QED) is 0.618. The maximum atomic E-state index is 10.5. The summed E-state index contributed by atoms with van der Waals surface area (Å²) in [5, 5.41) is 19.3. The Hall–Kier alpha value is -2.87. The molecule has 0 fully saturated rings. The Labute approximate surface area is 109 Å². The molecule has 0 aromatic heterocycles. The first kappa shape index (κ1) is 12.6. The third-order valence-corrected chi connectivity index (χ3v) is 2.52. The predicted molar refractivity (Wildman–Crippen MR) is 68.9 cm³/mol. The number of hydrogen-bond donors (Lipinski definition) is 0. The van der Waals surface area contributed by atoms with Gasteiger partial charge in [-0.15, -0.1) is 0 Å². The molecule has 2 aromatic carbocycles. The maximum Gasteiger partial charge on any atom is 0.269 e. The van der Waals surface area contributed by atoms with Crippen LogP contribution in [0, 0.1) is 21.4 Å². The van der Waals surface area contributed by atoms with Crippen molar-refractivity contribution in [2.24, 2.45) is 0 Å². The molecule has 19 heavy (non-hydrogen) atoms. The minimum Gasteiger partial charge on any atom is -0.457 e. The van der Waals surface area contributed by atoms with Gasteiger partial charge in [0, 0.05) is 17.7 Å². The Morgan fingerprint density at radius 2 is 1.84 bits per heavy atom. The van der Waals surface area contributed by atoms with E-state index >= 15 is 0 Å². The van der Waals surface area contributed by atoms with Gasteiger partial charge in [-0.3, -0.25) is 10.1 Å². The lowest BCUT2D eigenvalue weighted by molar-refractivity contribution is -0.384. The highest BCUT2D eigenvalue weighted by Gasteiger charge is 2.07. The van der Waals surface area contributed by atoms with E-state index in [4.69, 9.17) is 10.00 Å². The monoisotopic (exact) mass is 254 g/mol. The van der Waals surface area contributed by atoms with E-state index < -0.39 is 4.92 Å². The molecule has 0 amide bonds. The minimum atomic E-state index is -0.465. The van der Waals surface area contributed by atoms with Crippen molar-refractivity contribution in [2.75, 3.05) is 0 Å². The average Bonchev–Trinajstić information content (AvgIpc) is 2.42. The second-order valence-electron chi connectivity index (χ2n) is 3.80. The van der Waals surface area contributed by atoms with Gasteiger partial charge in [-0.2, -0.15) is 5.26 Å². The van der Waals surface area contributed by atoms with Gasteiger partial charge in [0.2, 0.25) is 0 Å². The standard InChI is InChI=1S/C14H10N2O3/c15-10-9-11-3-1-2-4-14(11)19-13-7-5-12(6-8-13)16(17)18/h1-8H,9H2. The molecule has 0 atom stereocenters. The number of hydrogen-bond acceptors (Lipinski definition) is 4. The number of nitro groups is 1. The number of nitrogens with zero attached hydrogens (tertiary/aromatic N) is 2. The van der Waals surface area contributed by atoms with Crippen LogP contribution in [0.2, 0.25) is 0 Å². The highest BCUT2D eigenvalue weighted by atomic mass is 16.6. The van der Waals surface area contributed by atoms with Crippen LogP contribution >= 0.6 is 0 Å².